The molecule has 0 aliphatic carbocycles. The Labute approximate surface area is 138 Å². The van der Waals surface area contributed by atoms with Crippen LogP contribution in [0.1, 0.15) is 103 Å². The first-order valence-electron chi connectivity index (χ1n) is 9.72. The van der Waals surface area contributed by atoms with Crippen LogP contribution in [0.5, 0.6) is 0 Å². The van der Waals surface area contributed by atoms with Crippen molar-refractivity contribution in [1.29, 1.82) is 0 Å². The fourth-order valence-corrected chi connectivity index (χ4v) is 3.98. The highest BCUT2D eigenvalue weighted by molar-refractivity contribution is 8.32. The van der Waals surface area contributed by atoms with Gasteiger partial charge in [-0.15, -0.1) is 0 Å². The minimum atomic E-state index is -0.242. The van der Waals surface area contributed by atoms with Gasteiger partial charge >= 0.3 is 0 Å². The molecule has 0 bridgehead atoms. The molecule has 0 saturated heterocycles. The second kappa shape index (κ2) is 15.3. The van der Waals surface area contributed by atoms with Crippen LogP contribution >= 0.6 is 10.0 Å². The molecule has 0 aromatic rings. The summed E-state index contributed by atoms with van der Waals surface area (Å²) < 4.78 is 0. The molecule has 0 N–H and O–H groups in total. The molecule has 0 aromatic heterocycles. The van der Waals surface area contributed by atoms with Crippen LogP contribution in [0.4, 0.5) is 0 Å². The van der Waals surface area contributed by atoms with Crippen LogP contribution in [-0.2, 0) is 0 Å². The molecule has 21 heavy (non-hydrogen) atoms. The topological polar surface area (TPSA) is 0 Å². The minimum Gasteiger partial charge on any atom is -0.250 e. The quantitative estimate of drug-likeness (QED) is 0.258. The second-order valence-electron chi connectivity index (χ2n) is 7.74. The van der Waals surface area contributed by atoms with Gasteiger partial charge in [-0.05, 0) is 30.9 Å². The molecule has 0 aromatic carbocycles. The van der Waals surface area contributed by atoms with Crippen molar-refractivity contribution >= 4 is 10.0 Å². The van der Waals surface area contributed by atoms with Gasteiger partial charge in [0, 0.05) is 0 Å². The maximum absolute atomic E-state index is 2.44. The van der Waals surface area contributed by atoms with Crippen molar-refractivity contribution in [3.63, 3.8) is 0 Å². The Morgan fingerprint density at radius 1 is 0.429 bits per heavy atom. The minimum absolute atomic E-state index is 0.242. The lowest BCUT2D eigenvalue weighted by Crippen LogP contribution is -1.98. The summed E-state index contributed by atoms with van der Waals surface area (Å²) >= 11 is 0. The number of unbranched alkanes of at least 4 members (excludes halogenated alkanes) is 14. The highest BCUT2D eigenvalue weighted by Gasteiger charge is 2.02. The lowest BCUT2D eigenvalue weighted by molar-refractivity contribution is 0.535. The molecule has 0 amide bonds. The average Bonchev–Trinajstić information content (AvgIpc) is 2.42. The molecule has 0 rings (SSSR count). The summed E-state index contributed by atoms with van der Waals surface area (Å²) in [5.74, 6) is 1.48. The van der Waals surface area contributed by atoms with Gasteiger partial charge in [0.15, 0.2) is 0 Å². The van der Waals surface area contributed by atoms with E-state index in [0.717, 1.165) is 0 Å². The molecule has 0 radical (unpaired) electrons. The van der Waals surface area contributed by atoms with Crippen molar-refractivity contribution in [2.24, 2.45) is 0 Å². The van der Waals surface area contributed by atoms with Gasteiger partial charge in [-0.3, -0.25) is 0 Å². The highest BCUT2D eigenvalue weighted by Crippen LogP contribution is 2.35. The first-order chi connectivity index (χ1) is 10.1. The second-order valence-corrected chi connectivity index (χ2v) is 12.3. The normalized spacial score (nSPS) is 12.8. The van der Waals surface area contributed by atoms with Gasteiger partial charge in [0.2, 0.25) is 0 Å². The predicted molar refractivity (Wildman–Crippen MR) is 105 cm³/mol. The monoisotopic (exact) mass is 316 g/mol. The molecule has 0 spiro atoms. The van der Waals surface area contributed by atoms with E-state index in [1.807, 2.05) is 0 Å². The highest BCUT2D eigenvalue weighted by atomic mass is 32.3. The number of hydrogen-bond acceptors (Lipinski definition) is 0. The Morgan fingerprint density at radius 2 is 0.714 bits per heavy atom. The maximum Gasteiger partial charge on any atom is -0.0235 e. The van der Waals surface area contributed by atoms with Gasteiger partial charge in [0.25, 0.3) is 0 Å². The van der Waals surface area contributed by atoms with Gasteiger partial charge in [-0.2, -0.15) is 0 Å². The summed E-state index contributed by atoms with van der Waals surface area (Å²) in [6.07, 6.45) is 29.4. The van der Waals surface area contributed by atoms with Crippen molar-refractivity contribution in [3.8, 4) is 0 Å². The molecular weight excluding hydrogens is 272 g/mol. The van der Waals surface area contributed by atoms with E-state index < -0.39 is 0 Å². The third kappa shape index (κ3) is 20.4. The van der Waals surface area contributed by atoms with E-state index in [2.05, 4.69) is 25.7 Å². The first-order valence-corrected chi connectivity index (χ1v) is 12.7. The summed E-state index contributed by atoms with van der Waals surface area (Å²) in [5, 5.41) is 0. The van der Waals surface area contributed by atoms with Crippen LogP contribution < -0.4 is 0 Å². The largest absolute Gasteiger partial charge is 0.250 e. The molecule has 0 nitrogen and oxygen atoms in total. The molecule has 0 atom stereocenters. The zero-order valence-corrected chi connectivity index (χ0v) is 16.5. The van der Waals surface area contributed by atoms with E-state index in [1.165, 1.54) is 102 Å². The van der Waals surface area contributed by atoms with E-state index in [0.29, 0.717) is 0 Å². The fraction of sp³-hybridized carbons (Fsp3) is 1.00. The van der Waals surface area contributed by atoms with Crippen LogP contribution in [-0.4, -0.2) is 24.5 Å². The molecule has 0 fully saturated rings. The Bertz CT molecular complexity index is 193. The molecule has 1 heteroatoms. The zero-order chi connectivity index (χ0) is 15.8. The lowest BCUT2D eigenvalue weighted by atomic mass is 10.0. The van der Waals surface area contributed by atoms with Gasteiger partial charge in [0.1, 0.15) is 0 Å². The van der Waals surface area contributed by atoms with Crippen LogP contribution in [0.15, 0.2) is 0 Å². The van der Waals surface area contributed by atoms with E-state index in [-0.39, 0.29) is 10.0 Å². The van der Waals surface area contributed by atoms with Crippen LogP contribution in [0.25, 0.3) is 0 Å². The molecule has 0 saturated carbocycles. The molecule has 0 heterocycles. The Balaban J connectivity index is 3.00. The van der Waals surface area contributed by atoms with Crippen LogP contribution in [0, 0.1) is 0 Å². The van der Waals surface area contributed by atoms with Crippen molar-refractivity contribution in [2.45, 2.75) is 103 Å². The zero-order valence-electron chi connectivity index (χ0n) is 15.7. The average molecular weight is 317 g/mol. The molecule has 130 valence electrons. The molecule has 0 aliphatic heterocycles. The van der Waals surface area contributed by atoms with Gasteiger partial charge in [-0.1, -0.05) is 96.8 Å². The lowest BCUT2D eigenvalue weighted by Gasteiger charge is -2.24. The SMILES string of the molecule is CCCCCCCCCCCCCCCCCS(C)(C)C. The van der Waals surface area contributed by atoms with Crippen LogP contribution in [0.2, 0.25) is 0 Å². The van der Waals surface area contributed by atoms with E-state index >= 15 is 0 Å². The number of rotatable bonds is 16. The van der Waals surface area contributed by atoms with E-state index in [1.54, 1.807) is 0 Å². The Kier molecular flexibility index (Phi) is 15.5. The predicted octanol–water partition coefficient (Wildman–Crippen LogP) is 7.55. The molecule has 0 aliphatic rings. The Hall–Kier alpha value is 0.350. The van der Waals surface area contributed by atoms with Gasteiger partial charge < -0.3 is 0 Å². The van der Waals surface area contributed by atoms with Crippen molar-refractivity contribution in [2.75, 3.05) is 24.5 Å². The third-order valence-corrected chi connectivity index (χ3v) is 5.87. The smallest absolute Gasteiger partial charge is 0.0235 e. The summed E-state index contributed by atoms with van der Waals surface area (Å²) in [6.45, 7) is 2.30. The van der Waals surface area contributed by atoms with E-state index in [9.17, 15) is 0 Å². The van der Waals surface area contributed by atoms with Crippen LogP contribution in [0.3, 0.4) is 0 Å². The van der Waals surface area contributed by atoms with Gasteiger partial charge in [0.05, 0.1) is 0 Å². The standard InChI is InChI=1S/C20H44S/c1-5-6-7-8-9-10-11-12-13-14-15-16-17-18-19-20-21(2,3)4/h5-20H2,1-4H3. The summed E-state index contributed by atoms with van der Waals surface area (Å²) in [7, 11) is -0.242. The van der Waals surface area contributed by atoms with E-state index in [4.69, 9.17) is 0 Å². The summed E-state index contributed by atoms with van der Waals surface area (Å²) in [4.78, 5) is 0. The fourth-order valence-electron chi connectivity index (χ4n) is 2.91. The summed E-state index contributed by atoms with van der Waals surface area (Å²) in [5.41, 5.74) is 0. The van der Waals surface area contributed by atoms with Crippen molar-refractivity contribution < 1.29 is 0 Å². The Morgan fingerprint density at radius 3 is 1.00 bits per heavy atom. The molecule has 0 unspecified atom stereocenters. The molecular formula is C20H44S. The first kappa shape index (κ1) is 21.4. The number of hydrogen-bond donors (Lipinski definition) is 0. The third-order valence-electron chi connectivity index (χ3n) is 4.36. The van der Waals surface area contributed by atoms with Crippen molar-refractivity contribution in [3.05, 3.63) is 0 Å². The summed E-state index contributed by atoms with van der Waals surface area (Å²) in [6, 6.07) is 0. The maximum atomic E-state index is 2.44. The van der Waals surface area contributed by atoms with Crippen molar-refractivity contribution in [1.82, 2.24) is 0 Å². The van der Waals surface area contributed by atoms with Gasteiger partial charge in [-0.25, -0.2) is 10.0 Å².